The van der Waals surface area contributed by atoms with Crippen LogP contribution in [0.4, 0.5) is 24.5 Å². The van der Waals surface area contributed by atoms with E-state index in [4.69, 9.17) is 17.0 Å². The minimum atomic E-state index is -4.76. The highest BCUT2D eigenvalue weighted by atomic mass is 32.1. The van der Waals surface area contributed by atoms with E-state index in [0.29, 0.717) is 11.4 Å². The second-order valence-corrected chi connectivity index (χ2v) is 6.20. The third-order valence-electron chi connectivity index (χ3n) is 3.77. The third-order valence-corrected chi connectivity index (χ3v) is 3.97. The van der Waals surface area contributed by atoms with Gasteiger partial charge in [-0.15, -0.1) is 13.2 Å². The van der Waals surface area contributed by atoms with Crippen molar-refractivity contribution in [2.45, 2.75) is 13.3 Å². The molecule has 1 aromatic heterocycles. The van der Waals surface area contributed by atoms with Gasteiger partial charge in [-0.25, -0.2) is 4.79 Å². The maximum absolute atomic E-state index is 12.3. The predicted molar refractivity (Wildman–Crippen MR) is 107 cm³/mol. The summed E-state index contributed by atoms with van der Waals surface area (Å²) in [4.78, 5) is 15.3. The average molecular weight is 423 g/mol. The summed E-state index contributed by atoms with van der Waals surface area (Å²) in [7, 11) is 0. The van der Waals surface area contributed by atoms with E-state index in [1.165, 1.54) is 12.1 Å². The number of aromatic amines is 1. The number of esters is 1. The molecule has 0 unspecified atom stereocenters. The molecule has 0 saturated heterocycles. The highest BCUT2D eigenvalue weighted by molar-refractivity contribution is 7.80. The summed E-state index contributed by atoms with van der Waals surface area (Å²) in [5.41, 5.74) is 1.81. The molecule has 2 aromatic carbocycles. The number of hydrogen-bond acceptors (Lipinski definition) is 4. The van der Waals surface area contributed by atoms with E-state index in [-0.39, 0.29) is 23.2 Å². The summed E-state index contributed by atoms with van der Waals surface area (Å²) >= 11 is 5.28. The normalized spacial score (nSPS) is 11.2. The van der Waals surface area contributed by atoms with Gasteiger partial charge < -0.3 is 25.1 Å². The number of nitrogens with one attached hydrogen (secondary N) is 3. The number of rotatable bonds is 5. The summed E-state index contributed by atoms with van der Waals surface area (Å²) in [5, 5.41) is 6.68. The number of alkyl halides is 3. The maximum Gasteiger partial charge on any atom is 0.573 e. The lowest BCUT2D eigenvalue weighted by Crippen LogP contribution is -2.21. The first-order chi connectivity index (χ1) is 13.8. The van der Waals surface area contributed by atoms with Crippen molar-refractivity contribution in [3.05, 3.63) is 54.2 Å². The minimum Gasteiger partial charge on any atom is -0.461 e. The number of fused-ring (bicyclic) bond motifs is 1. The summed E-state index contributed by atoms with van der Waals surface area (Å²) in [6.07, 6.45) is -4.76. The Bertz CT molecular complexity index is 1030. The molecule has 0 aliphatic carbocycles. The Balaban J connectivity index is 1.77. The molecule has 10 heteroatoms. The summed E-state index contributed by atoms with van der Waals surface area (Å²) in [5.74, 6) is -0.884. The molecule has 6 nitrogen and oxygen atoms in total. The van der Waals surface area contributed by atoms with Crippen molar-refractivity contribution in [2.75, 3.05) is 17.2 Å². The van der Waals surface area contributed by atoms with Gasteiger partial charge in [0.15, 0.2) is 5.11 Å². The Hall–Kier alpha value is -3.27. The molecule has 0 saturated carbocycles. The highest BCUT2D eigenvalue weighted by Gasteiger charge is 2.31. The molecule has 152 valence electrons. The van der Waals surface area contributed by atoms with Gasteiger partial charge in [-0.1, -0.05) is 18.2 Å². The van der Waals surface area contributed by atoms with Crippen LogP contribution in [0.3, 0.4) is 0 Å². The molecule has 3 aromatic rings. The molecule has 1 heterocycles. The van der Waals surface area contributed by atoms with Crippen LogP contribution < -0.4 is 15.4 Å². The fourth-order valence-electron chi connectivity index (χ4n) is 2.64. The SMILES string of the molecule is CCOC(=O)c1[nH]c2ccccc2c1NC(=S)Nc1ccc(OC(F)(F)F)cc1. The molecular formula is C19H16F3N3O3S. The molecule has 0 bridgehead atoms. The number of carbonyl (C=O) groups is 1. The summed E-state index contributed by atoms with van der Waals surface area (Å²) < 4.78 is 45.6. The average Bonchev–Trinajstić information content (AvgIpc) is 3.01. The van der Waals surface area contributed by atoms with Gasteiger partial charge in [-0.05, 0) is 49.5 Å². The van der Waals surface area contributed by atoms with Gasteiger partial charge in [0, 0.05) is 16.6 Å². The Morgan fingerprint density at radius 1 is 1.10 bits per heavy atom. The van der Waals surface area contributed by atoms with Gasteiger partial charge in [0.2, 0.25) is 0 Å². The van der Waals surface area contributed by atoms with Crippen LogP contribution in [-0.4, -0.2) is 29.0 Å². The van der Waals surface area contributed by atoms with E-state index in [0.717, 1.165) is 23.0 Å². The Labute approximate surface area is 169 Å². The van der Waals surface area contributed by atoms with E-state index in [1.807, 2.05) is 18.2 Å². The van der Waals surface area contributed by atoms with Crippen LogP contribution in [0.1, 0.15) is 17.4 Å². The molecule has 3 rings (SSSR count). The first-order valence-electron chi connectivity index (χ1n) is 8.48. The van der Waals surface area contributed by atoms with Gasteiger partial charge in [0.25, 0.3) is 0 Å². The highest BCUT2D eigenvalue weighted by Crippen LogP contribution is 2.29. The van der Waals surface area contributed by atoms with Crippen molar-refractivity contribution in [2.24, 2.45) is 0 Å². The number of para-hydroxylation sites is 1. The van der Waals surface area contributed by atoms with E-state index < -0.39 is 12.3 Å². The number of benzene rings is 2. The van der Waals surface area contributed by atoms with Crippen molar-refractivity contribution in [3.8, 4) is 5.75 Å². The van der Waals surface area contributed by atoms with Gasteiger partial charge in [-0.3, -0.25) is 0 Å². The number of hydrogen-bond donors (Lipinski definition) is 3. The number of ether oxygens (including phenoxy) is 2. The van der Waals surface area contributed by atoms with Gasteiger partial charge in [0.1, 0.15) is 11.4 Å². The number of halogens is 3. The molecule has 3 N–H and O–H groups in total. The van der Waals surface area contributed by atoms with Gasteiger partial charge >= 0.3 is 12.3 Å². The van der Waals surface area contributed by atoms with E-state index in [2.05, 4.69) is 20.4 Å². The standard InChI is InChI=1S/C19H16F3N3O3S/c1-2-27-17(26)16-15(13-5-3-4-6-14(13)24-16)25-18(29)23-11-7-9-12(10-8-11)28-19(20,21)22/h3-10,24H,2H2,1H3,(H2,23,25,29). The lowest BCUT2D eigenvalue weighted by atomic mass is 10.2. The molecule has 0 fully saturated rings. The molecule has 0 aliphatic rings. The van der Waals surface area contributed by atoms with Crippen LogP contribution in [0.2, 0.25) is 0 Å². The topological polar surface area (TPSA) is 75.4 Å². The fourth-order valence-corrected chi connectivity index (χ4v) is 2.86. The molecule has 0 radical (unpaired) electrons. The zero-order valence-corrected chi connectivity index (χ0v) is 15.9. The molecule has 29 heavy (non-hydrogen) atoms. The maximum atomic E-state index is 12.3. The van der Waals surface area contributed by atoms with E-state index in [9.17, 15) is 18.0 Å². The largest absolute Gasteiger partial charge is 0.573 e. The van der Waals surface area contributed by atoms with Crippen LogP contribution in [0, 0.1) is 0 Å². The number of aromatic nitrogens is 1. The van der Waals surface area contributed by atoms with Crippen molar-refractivity contribution in [1.82, 2.24) is 4.98 Å². The number of thiocarbonyl (C=S) groups is 1. The lowest BCUT2D eigenvalue weighted by Gasteiger charge is -2.13. The van der Waals surface area contributed by atoms with E-state index >= 15 is 0 Å². The summed E-state index contributed by atoms with van der Waals surface area (Å²) in [6, 6.07) is 12.3. The van der Waals surface area contributed by atoms with Crippen molar-refractivity contribution >= 4 is 45.6 Å². The Kier molecular flexibility index (Phi) is 5.92. The van der Waals surface area contributed by atoms with Crippen molar-refractivity contribution in [3.63, 3.8) is 0 Å². The monoisotopic (exact) mass is 423 g/mol. The zero-order chi connectivity index (χ0) is 21.0. The van der Waals surface area contributed by atoms with Gasteiger partial charge in [-0.2, -0.15) is 0 Å². The Morgan fingerprint density at radius 2 is 1.79 bits per heavy atom. The first-order valence-corrected chi connectivity index (χ1v) is 8.89. The van der Waals surface area contributed by atoms with Crippen LogP contribution >= 0.6 is 12.2 Å². The lowest BCUT2D eigenvalue weighted by molar-refractivity contribution is -0.274. The second-order valence-electron chi connectivity index (χ2n) is 5.79. The molecule has 0 spiro atoms. The molecule has 0 amide bonds. The zero-order valence-electron chi connectivity index (χ0n) is 15.1. The predicted octanol–water partition coefficient (Wildman–Crippen LogP) is 5.05. The third kappa shape index (κ3) is 5.17. The first kappa shape index (κ1) is 20.5. The second kappa shape index (κ2) is 8.39. The minimum absolute atomic E-state index is 0.143. The Morgan fingerprint density at radius 3 is 2.45 bits per heavy atom. The molecule has 0 aliphatic heterocycles. The number of carbonyl (C=O) groups excluding carboxylic acids is 1. The quantitative estimate of drug-likeness (QED) is 0.394. The summed E-state index contributed by atoms with van der Waals surface area (Å²) in [6.45, 7) is 1.91. The van der Waals surface area contributed by atoms with Crippen LogP contribution in [0.15, 0.2) is 48.5 Å². The fraction of sp³-hybridized carbons (Fsp3) is 0.158. The van der Waals surface area contributed by atoms with Crippen molar-refractivity contribution < 1.29 is 27.4 Å². The van der Waals surface area contributed by atoms with Gasteiger partial charge in [0.05, 0.1) is 12.3 Å². The number of H-pyrrole nitrogens is 1. The smallest absolute Gasteiger partial charge is 0.461 e. The van der Waals surface area contributed by atoms with Crippen LogP contribution in [0.5, 0.6) is 5.75 Å². The van der Waals surface area contributed by atoms with Crippen LogP contribution in [-0.2, 0) is 4.74 Å². The molecule has 0 atom stereocenters. The number of anilines is 2. The van der Waals surface area contributed by atoms with E-state index in [1.54, 1.807) is 13.0 Å². The molecular weight excluding hydrogens is 407 g/mol. The van der Waals surface area contributed by atoms with Crippen LogP contribution in [0.25, 0.3) is 10.9 Å². The van der Waals surface area contributed by atoms with Crippen molar-refractivity contribution in [1.29, 1.82) is 0 Å².